The van der Waals surface area contributed by atoms with Gasteiger partial charge in [-0.2, -0.15) is 0 Å². The van der Waals surface area contributed by atoms with Crippen LogP contribution in [0.5, 0.6) is 0 Å². The van der Waals surface area contributed by atoms with Gasteiger partial charge in [-0.3, -0.25) is 9.80 Å². The molecule has 4 nitrogen and oxygen atoms in total. The minimum Gasteiger partial charge on any atom is -0.364 e. The lowest BCUT2D eigenvalue weighted by Gasteiger charge is -2.32. The summed E-state index contributed by atoms with van der Waals surface area (Å²) in [6, 6.07) is 0. The second kappa shape index (κ2) is 9.00. The lowest BCUT2D eigenvalue weighted by atomic mass is 10.4. The van der Waals surface area contributed by atoms with Crippen molar-refractivity contribution in [1.29, 1.82) is 0 Å². The van der Waals surface area contributed by atoms with Gasteiger partial charge in [-0.25, -0.2) is 10.0 Å². The summed E-state index contributed by atoms with van der Waals surface area (Å²) in [4.78, 5) is 9.73. The molecule has 2 rings (SSSR count). The van der Waals surface area contributed by atoms with Crippen molar-refractivity contribution < 1.29 is 0 Å². The fourth-order valence-corrected chi connectivity index (χ4v) is 5.48. The molecule has 0 bridgehead atoms. The molecule has 0 radical (unpaired) electrons. The normalized spacial score (nSPS) is 21.1. The van der Waals surface area contributed by atoms with Crippen LogP contribution in [0.2, 0.25) is 0 Å². The first-order chi connectivity index (χ1) is 11.0. The van der Waals surface area contributed by atoms with E-state index in [1.165, 1.54) is 50.5 Å². The van der Waals surface area contributed by atoms with E-state index in [0.29, 0.717) is 0 Å². The molecule has 0 aromatic heterocycles. The van der Waals surface area contributed by atoms with Gasteiger partial charge in [0.05, 0.1) is 13.3 Å². The van der Waals surface area contributed by atoms with Crippen molar-refractivity contribution in [3.8, 4) is 0 Å². The maximum absolute atomic E-state index is 3.86. The van der Waals surface area contributed by atoms with E-state index in [-0.39, 0.29) is 0 Å². The van der Waals surface area contributed by atoms with Crippen molar-refractivity contribution in [2.75, 3.05) is 76.6 Å². The van der Waals surface area contributed by atoms with Gasteiger partial charge in [0.1, 0.15) is 0 Å². The highest BCUT2D eigenvalue weighted by atomic mass is 32.3. The maximum Gasteiger partial charge on any atom is 0.0702 e. The Morgan fingerprint density at radius 3 is 1.57 bits per heavy atom. The molecule has 0 aromatic rings. The zero-order valence-electron chi connectivity index (χ0n) is 15.3. The number of hydrogen-bond acceptors (Lipinski definition) is 4. The predicted molar refractivity (Wildman–Crippen MR) is 105 cm³/mol. The van der Waals surface area contributed by atoms with Crippen molar-refractivity contribution in [1.82, 2.24) is 19.6 Å². The Hall–Kier alpha value is -0.650. The third-order valence-corrected chi connectivity index (χ3v) is 7.82. The van der Waals surface area contributed by atoms with E-state index < -0.39 is 10.0 Å². The highest BCUT2D eigenvalue weighted by Crippen LogP contribution is 2.41. The van der Waals surface area contributed by atoms with Crippen molar-refractivity contribution in [2.45, 2.75) is 12.8 Å². The molecular formula is C18H36N4S. The zero-order valence-corrected chi connectivity index (χ0v) is 16.1. The smallest absolute Gasteiger partial charge is 0.0702 e. The van der Waals surface area contributed by atoms with Gasteiger partial charge in [0.15, 0.2) is 0 Å². The molecule has 0 atom stereocenters. The van der Waals surface area contributed by atoms with Crippen LogP contribution in [0.4, 0.5) is 0 Å². The quantitative estimate of drug-likeness (QED) is 0.605. The van der Waals surface area contributed by atoms with Crippen molar-refractivity contribution in [3.05, 3.63) is 25.6 Å². The Morgan fingerprint density at radius 1 is 0.783 bits per heavy atom. The summed E-state index contributed by atoms with van der Waals surface area (Å²) in [5.41, 5.74) is 0. The Labute approximate surface area is 145 Å². The molecule has 0 spiro atoms. The molecule has 0 unspecified atom stereocenters. The molecule has 0 aliphatic carbocycles. The van der Waals surface area contributed by atoms with Gasteiger partial charge in [-0.1, -0.05) is 13.2 Å². The summed E-state index contributed by atoms with van der Waals surface area (Å²) in [5, 5.41) is 0. The topological polar surface area (TPSA) is 13.0 Å². The predicted octanol–water partition coefficient (Wildman–Crippen LogP) is 2.27. The first-order valence-corrected chi connectivity index (χ1v) is 11.7. The monoisotopic (exact) mass is 340 g/mol. The average Bonchev–Trinajstić information content (AvgIpc) is 3.15. The van der Waals surface area contributed by atoms with Crippen LogP contribution >= 0.6 is 10.0 Å². The fraction of sp³-hybridized carbons (Fsp3) is 0.778. The molecule has 0 amide bonds. The Balaban J connectivity index is 1.55. The zero-order chi connectivity index (χ0) is 16.7. The van der Waals surface area contributed by atoms with Gasteiger partial charge >= 0.3 is 0 Å². The fourth-order valence-electron chi connectivity index (χ4n) is 3.46. The van der Waals surface area contributed by atoms with E-state index in [9.17, 15) is 0 Å². The van der Waals surface area contributed by atoms with Gasteiger partial charge in [0.25, 0.3) is 0 Å². The molecule has 0 aromatic carbocycles. The van der Waals surface area contributed by atoms with Crippen LogP contribution in [0.1, 0.15) is 12.8 Å². The summed E-state index contributed by atoms with van der Waals surface area (Å²) in [6.07, 6.45) is 11.7. The third-order valence-electron chi connectivity index (χ3n) is 5.03. The van der Waals surface area contributed by atoms with E-state index in [1.54, 1.807) is 0 Å². The summed E-state index contributed by atoms with van der Waals surface area (Å²) < 4.78 is 0. The summed E-state index contributed by atoms with van der Waals surface area (Å²) >= 11 is 0. The van der Waals surface area contributed by atoms with E-state index >= 15 is 0 Å². The van der Waals surface area contributed by atoms with Crippen LogP contribution in [-0.2, 0) is 0 Å². The second-order valence-electron chi connectivity index (χ2n) is 7.39. The lowest BCUT2D eigenvalue weighted by molar-refractivity contribution is 0.290. The third kappa shape index (κ3) is 6.40. The van der Waals surface area contributed by atoms with Crippen LogP contribution < -0.4 is 0 Å². The first-order valence-electron chi connectivity index (χ1n) is 8.89. The van der Waals surface area contributed by atoms with Crippen LogP contribution in [0.25, 0.3) is 0 Å². The first kappa shape index (κ1) is 18.7. The van der Waals surface area contributed by atoms with Gasteiger partial charge in [0.2, 0.25) is 0 Å². The van der Waals surface area contributed by atoms with Crippen LogP contribution in [0.3, 0.4) is 0 Å². The highest BCUT2D eigenvalue weighted by molar-refractivity contribution is 8.32. The number of hydrogen-bond donors (Lipinski definition) is 0. The van der Waals surface area contributed by atoms with E-state index in [1.807, 2.05) is 12.4 Å². The van der Waals surface area contributed by atoms with Crippen LogP contribution in [-0.4, -0.2) is 96.2 Å². The molecule has 0 saturated carbocycles. The number of rotatable bonds is 10. The van der Waals surface area contributed by atoms with Gasteiger partial charge in [-0.05, 0) is 49.3 Å². The molecule has 2 heterocycles. The molecule has 0 N–H and O–H groups in total. The molecule has 2 aliphatic rings. The lowest BCUT2D eigenvalue weighted by Crippen LogP contribution is -2.26. The summed E-state index contributed by atoms with van der Waals surface area (Å²) in [7, 11) is -0.424. The van der Waals surface area contributed by atoms with Crippen LogP contribution in [0, 0.1) is 0 Å². The standard InChI is InChI=1S/C18H36N4S/c1-5-19-11-13-21(17-19)9-7-15-23(3,4)16-8-10-22-14-12-20(6-2)18-22/h5-6H,1-2,7-18H2,3-4H3. The van der Waals surface area contributed by atoms with Crippen LogP contribution in [0.15, 0.2) is 25.6 Å². The van der Waals surface area contributed by atoms with E-state index in [0.717, 1.165) is 26.4 Å². The maximum atomic E-state index is 3.86. The Bertz CT molecular complexity index is 351. The molecule has 5 heteroatoms. The Kier molecular flexibility index (Phi) is 7.31. The van der Waals surface area contributed by atoms with Crippen molar-refractivity contribution in [3.63, 3.8) is 0 Å². The molecule has 2 fully saturated rings. The largest absolute Gasteiger partial charge is 0.364 e. The Morgan fingerprint density at radius 2 is 1.22 bits per heavy atom. The van der Waals surface area contributed by atoms with Gasteiger partial charge in [0, 0.05) is 39.3 Å². The van der Waals surface area contributed by atoms with E-state index in [2.05, 4.69) is 45.3 Å². The molecule has 2 saturated heterocycles. The number of nitrogens with zero attached hydrogens (tertiary/aromatic N) is 4. The molecule has 23 heavy (non-hydrogen) atoms. The second-order valence-corrected chi connectivity index (χ2v) is 11.7. The highest BCUT2D eigenvalue weighted by Gasteiger charge is 2.19. The van der Waals surface area contributed by atoms with Gasteiger partial charge in [-0.15, -0.1) is 0 Å². The van der Waals surface area contributed by atoms with Crippen molar-refractivity contribution >= 4 is 10.0 Å². The molecular weight excluding hydrogens is 304 g/mol. The molecule has 134 valence electrons. The van der Waals surface area contributed by atoms with Gasteiger partial charge < -0.3 is 9.80 Å². The molecule has 2 aliphatic heterocycles. The summed E-state index contributed by atoms with van der Waals surface area (Å²) in [6.45, 7) is 17.1. The minimum absolute atomic E-state index is 0.424. The SMILES string of the molecule is C=CN1CCN(CCCS(C)(C)CCCN2CCN(C=C)C2)C1. The summed E-state index contributed by atoms with van der Waals surface area (Å²) in [5.74, 6) is 2.83. The van der Waals surface area contributed by atoms with Crippen molar-refractivity contribution in [2.24, 2.45) is 0 Å². The average molecular weight is 341 g/mol. The minimum atomic E-state index is -0.424. The van der Waals surface area contributed by atoms with E-state index in [4.69, 9.17) is 0 Å².